The van der Waals surface area contributed by atoms with Gasteiger partial charge in [0.2, 0.25) is 0 Å². The summed E-state index contributed by atoms with van der Waals surface area (Å²) in [5, 5.41) is 0. The summed E-state index contributed by atoms with van der Waals surface area (Å²) in [6.45, 7) is 1.93. The lowest BCUT2D eigenvalue weighted by Crippen LogP contribution is -2.12. The van der Waals surface area contributed by atoms with Crippen LogP contribution in [-0.4, -0.2) is 9.97 Å². The van der Waals surface area contributed by atoms with Crippen LogP contribution in [0.5, 0.6) is 5.75 Å². The zero-order chi connectivity index (χ0) is 24.1. The maximum Gasteiger partial charge on any atom is 0.419 e. The molecule has 2 N–H and O–H groups in total. The van der Waals surface area contributed by atoms with Gasteiger partial charge in [0.05, 0.1) is 11.6 Å². The van der Waals surface area contributed by atoms with Crippen molar-refractivity contribution >= 4 is 0 Å². The fraction of sp³-hybridized carbons (Fsp3) is 0.185. The second-order valence-corrected chi connectivity index (χ2v) is 7.91. The molecule has 1 atom stereocenters. The molecule has 1 heterocycles. The Bertz CT molecular complexity index is 1220. The second-order valence-electron chi connectivity index (χ2n) is 7.91. The van der Waals surface area contributed by atoms with Gasteiger partial charge in [0.15, 0.2) is 0 Å². The van der Waals surface area contributed by atoms with Crippen LogP contribution in [0.3, 0.4) is 0 Å². The van der Waals surface area contributed by atoms with Crippen molar-refractivity contribution in [2.75, 3.05) is 0 Å². The summed E-state index contributed by atoms with van der Waals surface area (Å²) >= 11 is 0. The molecule has 0 radical (unpaired) electrons. The van der Waals surface area contributed by atoms with E-state index in [1.807, 2.05) is 61.5 Å². The van der Waals surface area contributed by atoms with Gasteiger partial charge >= 0.3 is 6.18 Å². The van der Waals surface area contributed by atoms with E-state index in [1.165, 1.54) is 18.5 Å². The van der Waals surface area contributed by atoms with Gasteiger partial charge in [-0.2, -0.15) is 13.2 Å². The Morgan fingerprint density at radius 2 is 1.44 bits per heavy atom. The summed E-state index contributed by atoms with van der Waals surface area (Å²) in [5.41, 5.74) is 8.75. The van der Waals surface area contributed by atoms with Crippen molar-refractivity contribution in [3.8, 4) is 28.0 Å². The maximum atomic E-state index is 13.8. The lowest BCUT2D eigenvalue weighted by molar-refractivity contribution is -0.139. The highest BCUT2D eigenvalue weighted by Gasteiger charge is 2.35. The number of halogens is 3. The Labute approximate surface area is 196 Å². The molecule has 0 aliphatic rings. The van der Waals surface area contributed by atoms with Crippen LogP contribution in [0.15, 0.2) is 85.2 Å². The Kier molecular flexibility index (Phi) is 6.93. The molecule has 4 nitrogen and oxygen atoms in total. The summed E-state index contributed by atoms with van der Waals surface area (Å²) in [7, 11) is 0. The lowest BCUT2D eigenvalue weighted by atomic mass is 10.0. The SMILES string of the molecule is CCC(N)c1ncc(-c2ccc(OCc3ccc(-c4ccccc4)cc3)c(C(F)(F)F)c2)cn1. The molecule has 174 valence electrons. The van der Waals surface area contributed by atoms with E-state index in [1.54, 1.807) is 6.07 Å². The van der Waals surface area contributed by atoms with Gasteiger partial charge in [-0.1, -0.05) is 67.6 Å². The molecule has 3 aromatic carbocycles. The minimum Gasteiger partial charge on any atom is -0.488 e. The molecule has 0 amide bonds. The molecule has 34 heavy (non-hydrogen) atoms. The fourth-order valence-electron chi connectivity index (χ4n) is 3.50. The van der Waals surface area contributed by atoms with Crippen LogP contribution in [0.4, 0.5) is 13.2 Å². The number of nitrogens with two attached hydrogens (primary N) is 1. The first-order valence-electron chi connectivity index (χ1n) is 10.9. The molecular weight excluding hydrogens is 439 g/mol. The van der Waals surface area contributed by atoms with Crippen molar-refractivity contribution in [1.29, 1.82) is 0 Å². The van der Waals surface area contributed by atoms with E-state index < -0.39 is 11.7 Å². The minimum atomic E-state index is -4.58. The molecule has 0 saturated heterocycles. The summed E-state index contributed by atoms with van der Waals surface area (Å²) in [4.78, 5) is 8.39. The summed E-state index contributed by atoms with van der Waals surface area (Å²) in [5.74, 6) is 0.231. The predicted molar refractivity (Wildman–Crippen MR) is 126 cm³/mol. The Hall–Kier alpha value is -3.71. The van der Waals surface area contributed by atoms with Crippen LogP contribution >= 0.6 is 0 Å². The Morgan fingerprint density at radius 3 is 2.06 bits per heavy atom. The van der Waals surface area contributed by atoms with Crippen molar-refractivity contribution < 1.29 is 17.9 Å². The van der Waals surface area contributed by atoms with Crippen molar-refractivity contribution in [1.82, 2.24) is 9.97 Å². The van der Waals surface area contributed by atoms with E-state index in [0.29, 0.717) is 23.4 Å². The summed E-state index contributed by atoms with van der Waals surface area (Å²) in [6, 6.07) is 21.1. The van der Waals surface area contributed by atoms with Gasteiger partial charge in [-0.15, -0.1) is 0 Å². The summed E-state index contributed by atoms with van der Waals surface area (Å²) < 4.78 is 47.0. The standard InChI is InChI=1S/C27H24F3N3O/c1-2-24(31)26-32-15-22(16-33-26)21-12-13-25(23(14-21)27(28,29)30)34-17-18-8-10-20(11-9-18)19-6-4-3-5-7-19/h3-16,24H,2,17,31H2,1H3. The third-order valence-electron chi connectivity index (χ3n) is 5.52. The van der Waals surface area contributed by atoms with E-state index in [-0.39, 0.29) is 18.4 Å². The monoisotopic (exact) mass is 463 g/mol. The van der Waals surface area contributed by atoms with Crippen LogP contribution in [0.2, 0.25) is 0 Å². The minimum absolute atomic E-state index is 0.0181. The number of benzene rings is 3. The van der Waals surface area contributed by atoms with Crippen molar-refractivity contribution in [2.45, 2.75) is 32.2 Å². The topological polar surface area (TPSA) is 61.0 Å². The smallest absolute Gasteiger partial charge is 0.419 e. The third-order valence-corrected chi connectivity index (χ3v) is 5.52. The van der Waals surface area contributed by atoms with E-state index >= 15 is 0 Å². The van der Waals surface area contributed by atoms with Gasteiger partial charge in [0.25, 0.3) is 0 Å². The van der Waals surface area contributed by atoms with Crippen LogP contribution in [0.1, 0.15) is 36.3 Å². The van der Waals surface area contributed by atoms with E-state index in [2.05, 4.69) is 9.97 Å². The molecule has 0 aliphatic heterocycles. The second kappa shape index (κ2) is 10.1. The molecule has 0 spiro atoms. The average molecular weight is 464 g/mol. The molecular formula is C27H24F3N3O. The van der Waals surface area contributed by atoms with Gasteiger partial charge in [0, 0.05) is 18.0 Å². The predicted octanol–water partition coefficient (Wildman–Crippen LogP) is 6.82. The summed E-state index contributed by atoms with van der Waals surface area (Å²) in [6.07, 6.45) is -0.934. The third kappa shape index (κ3) is 5.43. The molecule has 4 rings (SSSR count). The lowest BCUT2D eigenvalue weighted by Gasteiger charge is -2.16. The molecule has 0 fully saturated rings. The normalized spacial score (nSPS) is 12.4. The van der Waals surface area contributed by atoms with Crippen LogP contribution < -0.4 is 10.5 Å². The van der Waals surface area contributed by atoms with Crippen LogP contribution in [-0.2, 0) is 12.8 Å². The molecule has 1 unspecified atom stereocenters. The van der Waals surface area contributed by atoms with Crippen molar-refractivity contribution in [2.24, 2.45) is 5.73 Å². The highest BCUT2D eigenvalue weighted by Crippen LogP contribution is 2.39. The quantitative estimate of drug-likeness (QED) is 0.327. The number of aromatic nitrogens is 2. The molecule has 0 aliphatic carbocycles. The molecule has 4 aromatic rings. The first-order chi connectivity index (χ1) is 16.3. The Morgan fingerprint density at radius 1 is 0.824 bits per heavy atom. The van der Waals surface area contributed by atoms with Crippen LogP contribution in [0.25, 0.3) is 22.3 Å². The average Bonchev–Trinajstić information content (AvgIpc) is 2.87. The first kappa shape index (κ1) is 23.4. The molecule has 0 saturated carbocycles. The van der Waals surface area contributed by atoms with Gasteiger partial charge < -0.3 is 10.5 Å². The molecule has 7 heteroatoms. The number of ether oxygens (including phenoxy) is 1. The number of nitrogens with zero attached hydrogens (tertiary/aromatic N) is 2. The van der Waals surface area contributed by atoms with Gasteiger partial charge in [-0.25, -0.2) is 9.97 Å². The largest absolute Gasteiger partial charge is 0.488 e. The molecule has 1 aromatic heterocycles. The number of rotatable bonds is 7. The number of hydrogen-bond donors (Lipinski definition) is 1. The van der Waals surface area contributed by atoms with E-state index in [4.69, 9.17) is 10.5 Å². The zero-order valence-corrected chi connectivity index (χ0v) is 18.6. The van der Waals surface area contributed by atoms with Crippen LogP contribution in [0, 0.1) is 0 Å². The van der Waals surface area contributed by atoms with Crippen molar-refractivity contribution in [3.63, 3.8) is 0 Å². The van der Waals surface area contributed by atoms with Gasteiger partial charge in [-0.05, 0) is 40.8 Å². The fourth-order valence-corrected chi connectivity index (χ4v) is 3.50. The maximum absolute atomic E-state index is 13.8. The van der Waals surface area contributed by atoms with E-state index in [9.17, 15) is 13.2 Å². The van der Waals surface area contributed by atoms with E-state index in [0.717, 1.165) is 22.8 Å². The van der Waals surface area contributed by atoms with Crippen molar-refractivity contribution in [3.05, 3.63) is 102 Å². The van der Waals surface area contributed by atoms with Gasteiger partial charge in [0.1, 0.15) is 18.2 Å². The number of hydrogen-bond acceptors (Lipinski definition) is 4. The Balaban J connectivity index is 1.53. The highest BCUT2D eigenvalue weighted by molar-refractivity contribution is 5.65. The molecule has 0 bridgehead atoms. The zero-order valence-electron chi connectivity index (χ0n) is 18.6. The number of alkyl halides is 3. The van der Waals surface area contributed by atoms with Gasteiger partial charge in [-0.3, -0.25) is 0 Å². The first-order valence-corrected chi connectivity index (χ1v) is 10.9. The highest BCUT2D eigenvalue weighted by atomic mass is 19.4.